The van der Waals surface area contributed by atoms with Gasteiger partial charge in [0, 0.05) is 48.2 Å². The number of nitrogens with zero attached hydrogens (tertiary/aromatic N) is 2. The lowest BCUT2D eigenvalue weighted by atomic mass is 10.2. The summed E-state index contributed by atoms with van der Waals surface area (Å²) in [6.45, 7) is 5.14. The van der Waals surface area contributed by atoms with Crippen molar-refractivity contribution in [3.63, 3.8) is 0 Å². The van der Waals surface area contributed by atoms with E-state index in [1.165, 1.54) is 0 Å². The highest BCUT2D eigenvalue weighted by atomic mass is 79.9. The summed E-state index contributed by atoms with van der Waals surface area (Å²) in [5.74, 6) is 1.50. The van der Waals surface area contributed by atoms with Gasteiger partial charge in [0.25, 0.3) is 0 Å². The first kappa shape index (κ1) is 23.5. The highest BCUT2D eigenvalue weighted by Gasteiger charge is 2.21. The predicted octanol–water partition coefficient (Wildman–Crippen LogP) is 3.01. The zero-order valence-electron chi connectivity index (χ0n) is 16.8. The smallest absolute Gasteiger partial charge is 0.119 e. The van der Waals surface area contributed by atoms with E-state index in [1.807, 2.05) is 48.5 Å². The van der Waals surface area contributed by atoms with Crippen molar-refractivity contribution in [2.24, 2.45) is 0 Å². The van der Waals surface area contributed by atoms with Crippen LogP contribution in [0, 0.1) is 0 Å². The molecule has 0 aromatic heterocycles. The van der Waals surface area contributed by atoms with Gasteiger partial charge in [-0.1, -0.05) is 31.9 Å². The van der Waals surface area contributed by atoms with Gasteiger partial charge in [-0.2, -0.15) is 0 Å². The molecule has 164 valence electrons. The van der Waals surface area contributed by atoms with Crippen molar-refractivity contribution < 1.29 is 19.7 Å². The van der Waals surface area contributed by atoms with E-state index >= 15 is 0 Å². The molecule has 2 N–H and O–H groups in total. The third-order valence-electron chi connectivity index (χ3n) is 4.91. The Labute approximate surface area is 194 Å². The van der Waals surface area contributed by atoms with Crippen LogP contribution in [0.4, 0.5) is 0 Å². The Bertz CT molecular complexity index is 687. The molecule has 2 aromatic rings. The Kier molecular flexibility index (Phi) is 9.42. The van der Waals surface area contributed by atoms with Gasteiger partial charge in [-0.15, -0.1) is 0 Å². The molecule has 0 spiro atoms. The first-order valence-corrected chi connectivity index (χ1v) is 11.6. The second-order valence-corrected chi connectivity index (χ2v) is 9.27. The number of ether oxygens (including phenoxy) is 2. The minimum Gasteiger partial charge on any atom is -0.491 e. The van der Waals surface area contributed by atoms with Gasteiger partial charge < -0.3 is 19.7 Å². The second kappa shape index (κ2) is 12.0. The van der Waals surface area contributed by atoms with Crippen LogP contribution in [0.5, 0.6) is 11.5 Å². The molecule has 0 saturated carbocycles. The van der Waals surface area contributed by atoms with Crippen LogP contribution in [0.1, 0.15) is 0 Å². The van der Waals surface area contributed by atoms with Gasteiger partial charge >= 0.3 is 0 Å². The highest BCUT2D eigenvalue weighted by molar-refractivity contribution is 9.10. The average Bonchev–Trinajstić information content (AvgIpc) is 2.74. The number of halogens is 2. The number of aliphatic hydroxyl groups is 2. The highest BCUT2D eigenvalue weighted by Crippen LogP contribution is 2.17. The van der Waals surface area contributed by atoms with E-state index in [4.69, 9.17) is 9.47 Å². The first-order chi connectivity index (χ1) is 14.5. The van der Waals surface area contributed by atoms with Crippen LogP contribution in [0.3, 0.4) is 0 Å². The van der Waals surface area contributed by atoms with Gasteiger partial charge in [0.05, 0.1) is 0 Å². The van der Waals surface area contributed by atoms with Gasteiger partial charge in [0.15, 0.2) is 0 Å². The third-order valence-corrected chi connectivity index (χ3v) is 5.97. The molecule has 0 radical (unpaired) electrons. The number of β-amino-alcohol motifs (C(OH)–C–C–N with tert-alkyl or cyclic N) is 2. The van der Waals surface area contributed by atoms with Crippen molar-refractivity contribution in [2.75, 3.05) is 52.5 Å². The van der Waals surface area contributed by atoms with Crippen molar-refractivity contribution in [1.29, 1.82) is 0 Å². The van der Waals surface area contributed by atoms with E-state index < -0.39 is 12.2 Å². The molecule has 0 bridgehead atoms. The fourth-order valence-corrected chi connectivity index (χ4v) is 3.83. The van der Waals surface area contributed by atoms with Crippen molar-refractivity contribution in [3.05, 3.63) is 57.5 Å². The summed E-state index contributed by atoms with van der Waals surface area (Å²) in [6.07, 6.45) is -1.07. The summed E-state index contributed by atoms with van der Waals surface area (Å²) in [6, 6.07) is 15.2. The molecule has 30 heavy (non-hydrogen) atoms. The van der Waals surface area contributed by atoms with Crippen LogP contribution in [-0.2, 0) is 0 Å². The Morgan fingerprint density at radius 2 is 1.00 bits per heavy atom. The quantitative estimate of drug-likeness (QED) is 0.480. The second-order valence-electron chi connectivity index (χ2n) is 7.44. The molecular weight excluding hydrogens is 516 g/mol. The number of hydrogen-bond donors (Lipinski definition) is 2. The summed E-state index contributed by atoms with van der Waals surface area (Å²) < 4.78 is 13.3. The van der Waals surface area contributed by atoms with E-state index in [9.17, 15) is 10.2 Å². The number of benzene rings is 2. The summed E-state index contributed by atoms with van der Waals surface area (Å²) in [5.41, 5.74) is 0. The maximum Gasteiger partial charge on any atom is 0.119 e. The Morgan fingerprint density at radius 1 is 0.667 bits per heavy atom. The number of rotatable bonds is 10. The van der Waals surface area contributed by atoms with Crippen molar-refractivity contribution in [3.8, 4) is 11.5 Å². The SMILES string of the molecule is OC(COc1ccc(Br)cc1)CN1CCN(CC(O)COc2ccc(Br)cc2)CC1. The molecule has 1 aliphatic rings. The van der Waals surface area contributed by atoms with Gasteiger partial charge in [-0.3, -0.25) is 9.80 Å². The number of hydrogen-bond acceptors (Lipinski definition) is 6. The molecular formula is C22H28Br2N2O4. The van der Waals surface area contributed by atoms with E-state index in [2.05, 4.69) is 41.7 Å². The molecule has 1 saturated heterocycles. The standard InChI is InChI=1S/C22H28Br2N2O4/c23-17-1-5-21(6-2-17)29-15-19(27)13-25-9-11-26(12-10-25)14-20(28)16-30-22-7-3-18(24)4-8-22/h1-8,19-20,27-28H,9-16H2. The van der Waals surface area contributed by atoms with Crippen LogP contribution in [-0.4, -0.2) is 84.7 Å². The van der Waals surface area contributed by atoms with Crippen LogP contribution >= 0.6 is 31.9 Å². The maximum absolute atomic E-state index is 10.3. The lowest BCUT2D eigenvalue weighted by molar-refractivity contribution is 0.0240. The largest absolute Gasteiger partial charge is 0.491 e. The van der Waals surface area contributed by atoms with Crippen LogP contribution in [0.25, 0.3) is 0 Å². The zero-order valence-corrected chi connectivity index (χ0v) is 20.0. The minimum atomic E-state index is -0.537. The van der Waals surface area contributed by atoms with E-state index in [0.29, 0.717) is 13.1 Å². The van der Waals surface area contributed by atoms with Gasteiger partial charge in [0.1, 0.15) is 36.9 Å². The Morgan fingerprint density at radius 3 is 1.33 bits per heavy atom. The van der Waals surface area contributed by atoms with Crippen LogP contribution in [0.2, 0.25) is 0 Å². The average molecular weight is 544 g/mol. The molecule has 2 unspecified atom stereocenters. The lowest BCUT2D eigenvalue weighted by Gasteiger charge is -2.36. The minimum absolute atomic E-state index is 0.272. The van der Waals surface area contributed by atoms with Crippen LogP contribution in [0.15, 0.2) is 57.5 Å². The summed E-state index contributed by atoms with van der Waals surface area (Å²) >= 11 is 6.79. The molecule has 1 fully saturated rings. The molecule has 3 rings (SSSR count). The summed E-state index contributed by atoms with van der Waals surface area (Å²) in [5, 5.41) is 20.5. The van der Waals surface area contributed by atoms with E-state index in [-0.39, 0.29) is 13.2 Å². The Balaban J connectivity index is 1.30. The van der Waals surface area contributed by atoms with Crippen molar-refractivity contribution >= 4 is 31.9 Å². The van der Waals surface area contributed by atoms with E-state index in [1.54, 1.807) is 0 Å². The summed E-state index contributed by atoms with van der Waals surface area (Å²) in [7, 11) is 0. The fourth-order valence-electron chi connectivity index (χ4n) is 3.30. The van der Waals surface area contributed by atoms with Crippen LogP contribution < -0.4 is 9.47 Å². The zero-order chi connectivity index (χ0) is 21.3. The molecule has 6 nitrogen and oxygen atoms in total. The first-order valence-electron chi connectivity index (χ1n) is 10.1. The van der Waals surface area contributed by atoms with Gasteiger partial charge in [0.2, 0.25) is 0 Å². The van der Waals surface area contributed by atoms with E-state index in [0.717, 1.165) is 46.6 Å². The summed E-state index contributed by atoms with van der Waals surface area (Å²) in [4.78, 5) is 4.47. The predicted molar refractivity (Wildman–Crippen MR) is 124 cm³/mol. The Hall–Kier alpha value is -1.16. The fraction of sp³-hybridized carbons (Fsp3) is 0.455. The number of piperazine rings is 1. The topological polar surface area (TPSA) is 65.4 Å². The third kappa shape index (κ3) is 8.17. The van der Waals surface area contributed by atoms with Gasteiger partial charge in [-0.25, -0.2) is 0 Å². The molecule has 0 aliphatic carbocycles. The maximum atomic E-state index is 10.3. The molecule has 2 atom stereocenters. The molecule has 0 amide bonds. The normalized spacial score (nSPS) is 17.5. The van der Waals surface area contributed by atoms with Gasteiger partial charge in [-0.05, 0) is 48.5 Å². The van der Waals surface area contributed by atoms with Crippen molar-refractivity contribution in [1.82, 2.24) is 9.80 Å². The van der Waals surface area contributed by atoms with Crippen molar-refractivity contribution in [2.45, 2.75) is 12.2 Å². The number of aliphatic hydroxyl groups excluding tert-OH is 2. The monoisotopic (exact) mass is 542 g/mol. The molecule has 1 heterocycles. The lowest BCUT2D eigenvalue weighted by Crippen LogP contribution is -2.51. The molecule has 2 aromatic carbocycles. The molecule has 1 aliphatic heterocycles. The molecule has 8 heteroatoms.